The lowest BCUT2D eigenvalue weighted by molar-refractivity contribution is 0.509. The summed E-state index contributed by atoms with van der Waals surface area (Å²) < 4.78 is 0. The summed E-state index contributed by atoms with van der Waals surface area (Å²) in [6, 6.07) is 8.20. The Labute approximate surface area is 124 Å². The molecule has 0 heterocycles. The smallest absolute Gasteiger partial charge is 0.0383 e. The van der Waals surface area contributed by atoms with Gasteiger partial charge in [-0.1, -0.05) is 54.7 Å². The van der Waals surface area contributed by atoms with E-state index in [2.05, 4.69) is 89.6 Å². The molecule has 0 aromatic heterocycles. The molecule has 1 aromatic rings. The van der Waals surface area contributed by atoms with Crippen molar-refractivity contribution in [1.82, 2.24) is 0 Å². The van der Waals surface area contributed by atoms with Crippen LogP contribution in [0.1, 0.15) is 41.5 Å². The van der Waals surface area contributed by atoms with Gasteiger partial charge in [-0.3, -0.25) is 0 Å². The second kappa shape index (κ2) is 5.74. The molecule has 20 heavy (non-hydrogen) atoms. The van der Waals surface area contributed by atoms with Crippen molar-refractivity contribution in [2.75, 3.05) is 10.6 Å². The standard InChI is InChI=1S/C18H28N2/c1-13(17(3,4)5)19-15-9-11-16(12-10-15)20-14(2)18(6,7)8/h9-12,19-20H,1-2H2,3-8H3. The van der Waals surface area contributed by atoms with Crippen LogP contribution in [-0.2, 0) is 0 Å². The van der Waals surface area contributed by atoms with Crippen molar-refractivity contribution in [3.63, 3.8) is 0 Å². The number of hydrogen-bond acceptors (Lipinski definition) is 2. The van der Waals surface area contributed by atoms with E-state index in [9.17, 15) is 0 Å². The second-order valence-corrected chi connectivity index (χ2v) is 7.28. The van der Waals surface area contributed by atoms with Crippen LogP contribution in [0.5, 0.6) is 0 Å². The van der Waals surface area contributed by atoms with Crippen LogP contribution < -0.4 is 10.6 Å². The van der Waals surface area contributed by atoms with Gasteiger partial charge in [0, 0.05) is 33.6 Å². The van der Waals surface area contributed by atoms with Gasteiger partial charge in [0.1, 0.15) is 0 Å². The molecule has 0 fully saturated rings. The van der Waals surface area contributed by atoms with E-state index < -0.39 is 0 Å². The topological polar surface area (TPSA) is 24.1 Å². The molecule has 0 spiro atoms. The van der Waals surface area contributed by atoms with Crippen molar-refractivity contribution in [2.24, 2.45) is 10.8 Å². The number of hydrogen-bond donors (Lipinski definition) is 2. The summed E-state index contributed by atoms with van der Waals surface area (Å²) in [5, 5.41) is 6.70. The third kappa shape index (κ3) is 4.76. The summed E-state index contributed by atoms with van der Waals surface area (Å²) in [7, 11) is 0. The summed E-state index contributed by atoms with van der Waals surface area (Å²) in [4.78, 5) is 0. The highest BCUT2D eigenvalue weighted by atomic mass is 14.9. The Morgan fingerprint density at radius 3 is 1.15 bits per heavy atom. The maximum absolute atomic E-state index is 4.08. The third-order valence-corrected chi connectivity index (χ3v) is 3.29. The van der Waals surface area contributed by atoms with Crippen LogP contribution in [-0.4, -0.2) is 0 Å². The Bertz CT molecular complexity index is 435. The van der Waals surface area contributed by atoms with Gasteiger partial charge in [-0.25, -0.2) is 0 Å². The Morgan fingerprint density at radius 1 is 0.700 bits per heavy atom. The number of rotatable bonds is 4. The van der Waals surface area contributed by atoms with E-state index in [4.69, 9.17) is 0 Å². The molecule has 0 bridgehead atoms. The van der Waals surface area contributed by atoms with Crippen LogP contribution in [0.3, 0.4) is 0 Å². The normalized spacial score (nSPS) is 11.9. The highest BCUT2D eigenvalue weighted by Crippen LogP contribution is 2.28. The third-order valence-electron chi connectivity index (χ3n) is 3.29. The van der Waals surface area contributed by atoms with Crippen LogP contribution in [0.15, 0.2) is 48.8 Å². The molecule has 0 saturated carbocycles. The van der Waals surface area contributed by atoms with Crippen LogP contribution in [0.2, 0.25) is 0 Å². The summed E-state index contributed by atoms with van der Waals surface area (Å²) in [5.74, 6) is 0. The molecule has 110 valence electrons. The van der Waals surface area contributed by atoms with Crippen molar-refractivity contribution in [1.29, 1.82) is 0 Å². The molecule has 0 aliphatic rings. The zero-order chi connectivity index (χ0) is 15.6. The molecule has 0 atom stereocenters. The van der Waals surface area contributed by atoms with Gasteiger partial charge < -0.3 is 10.6 Å². The van der Waals surface area contributed by atoms with Gasteiger partial charge >= 0.3 is 0 Å². The fraction of sp³-hybridized carbons (Fsp3) is 0.444. The minimum atomic E-state index is 0.0530. The molecule has 1 rings (SSSR count). The maximum Gasteiger partial charge on any atom is 0.0383 e. The first-order valence-electron chi connectivity index (χ1n) is 7.03. The molecule has 2 heteroatoms. The molecule has 2 N–H and O–H groups in total. The van der Waals surface area contributed by atoms with Gasteiger partial charge in [0.15, 0.2) is 0 Å². The van der Waals surface area contributed by atoms with Crippen LogP contribution >= 0.6 is 0 Å². The van der Waals surface area contributed by atoms with E-state index in [1.165, 1.54) is 0 Å². The minimum absolute atomic E-state index is 0.0530. The second-order valence-electron chi connectivity index (χ2n) is 7.28. The lowest BCUT2D eigenvalue weighted by Gasteiger charge is -2.24. The maximum atomic E-state index is 4.08. The molecule has 0 aliphatic carbocycles. The molecular weight excluding hydrogens is 244 g/mol. The van der Waals surface area contributed by atoms with Crippen LogP contribution in [0.4, 0.5) is 11.4 Å². The monoisotopic (exact) mass is 272 g/mol. The van der Waals surface area contributed by atoms with Crippen LogP contribution in [0, 0.1) is 10.8 Å². The summed E-state index contributed by atoms with van der Waals surface area (Å²) in [6.07, 6.45) is 0. The first kappa shape index (κ1) is 16.4. The van der Waals surface area contributed by atoms with E-state index in [0.29, 0.717) is 0 Å². The van der Waals surface area contributed by atoms with E-state index in [1.54, 1.807) is 0 Å². The average molecular weight is 272 g/mol. The first-order chi connectivity index (χ1) is 9.00. The van der Waals surface area contributed by atoms with Gasteiger partial charge in [-0.05, 0) is 24.3 Å². The zero-order valence-corrected chi connectivity index (χ0v) is 13.7. The summed E-state index contributed by atoms with van der Waals surface area (Å²) in [6.45, 7) is 21.0. The molecule has 0 unspecified atom stereocenters. The molecule has 2 nitrogen and oxygen atoms in total. The number of nitrogens with one attached hydrogen (secondary N) is 2. The Kier molecular flexibility index (Phi) is 4.69. The average Bonchev–Trinajstić information content (AvgIpc) is 2.29. The summed E-state index contributed by atoms with van der Waals surface area (Å²) >= 11 is 0. The molecule has 1 aromatic carbocycles. The highest BCUT2D eigenvalue weighted by molar-refractivity contribution is 5.58. The Hall–Kier alpha value is -1.70. The van der Waals surface area contributed by atoms with E-state index >= 15 is 0 Å². The van der Waals surface area contributed by atoms with Crippen molar-refractivity contribution in [3.8, 4) is 0 Å². The minimum Gasteiger partial charge on any atom is -0.359 e. The number of anilines is 2. The van der Waals surface area contributed by atoms with Gasteiger partial charge in [0.2, 0.25) is 0 Å². The van der Waals surface area contributed by atoms with Crippen molar-refractivity contribution >= 4 is 11.4 Å². The Balaban J connectivity index is 2.71. The fourth-order valence-electron chi connectivity index (χ4n) is 1.36. The lowest BCUT2D eigenvalue weighted by atomic mass is 9.92. The molecule has 0 amide bonds. The molecule has 0 aliphatic heterocycles. The van der Waals surface area contributed by atoms with E-state index in [1.807, 2.05) is 0 Å². The van der Waals surface area contributed by atoms with Crippen LogP contribution in [0.25, 0.3) is 0 Å². The fourth-order valence-corrected chi connectivity index (χ4v) is 1.36. The lowest BCUT2D eigenvalue weighted by Crippen LogP contribution is -2.16. The van der Waals surface area contributed by atoms with Crippen molar-refractivity contribution < 1.29 is 0 Å². The molecular formula is C18H28N2. The quantitative estimate of drug-likeness (QED) is 0.742. The van der Waals surface area contributed by atoms with Gasteiger partial charge in [0.05, 0.1) is 0 Å². The Morgan fingerprint density at radius 2 is 0.950 bits per heavy atom. The van der Waals surface area contributed by atoms with E-state index in [0.717, 1.165) is 22.8 Å². The van der Waals surface area contributed by atoms with Gasteiger partial charge in [-0.2, -0.15) is 0 Å². The number of benzene rings is 1. The largest absolute Gasteiger partial charge is 0.359 e. The predicted octanol–water partition coefficient (Wildman–Crippen LogP) is 5.63. The first-order valence-corrected chi connectivity index (χ1v) is 7.03. The van der Waals surface area contributed by atoms with Crippen molar-refractivity contribution in [2.45, 2.75) is 41.5 Å². The van der Waals surface area contributed by atoms with Gasteiger partial charge in [-0.15, -0.1) is 0 Å². The molecule has 0 radical (unpaired) electrons. The predicted molar refractivity (Wildman–Crippen MR) is 90.9 cm³/mol. The van der Waals surface area contributed by atoms with E-state index in [-0.39, 0.29) is 10.8 Å². The zero-order valence-electron chi connectivity index (χ0n) is 13.7. The van der Waals surface area contributed by atoms with Crippen molar-refractivity contribution in [3.05, 3.63) is 48.8 Å². The summed E-state index contributed by atoms with van der Waals surface area (Å²) in [5.41, 5.74) is 4.23. The SMILES string of the molecule is C=C(Nc1ccc(NC(=C)C(C)(C)C)cc1)C(C)(C)C. The highest BCUT2D eigenvalue weighted by Gasteiger charge is 2.16. The molecule has 0 saturated heterocycles. The van der Waals surface area contributed by atoms with Gasteiger partial charge in [0.25, 0.3) is 0 Å². The number of allylic oxidation sites excluding steroid dienone is 2.